The quantitative estimate of drug-likeness (QED) is 0.460. The molecule has 0 amide bonds. The Hall–Kier alpha value is 0.822. The molecule has 0 aromatic heterocycles. The first-order valence-corrected chi connectivity index (χ1v) is 5.11. The van der Waals surface area contributed by atoms with Crippen LogP contribution in [0.15, 0.2) is 0 Å². The molecule has 0 rings (SSSR count). The molecular formula is C4H11AlCl. The van der Waals surface area contributed by atoms with E-state index >= 15 is 0 Å². The minimum Gasteiger partial charge on any atom is -0.273 e. The van der Waals surface area contributed by atoms with Crippen LogP contribution in [0, 0.1) is 6.92 Å². The van der Waals surface area contributed by atoms with Crippen molar-refractivity contribution >= 4 is 25.4 Å². The molecule has 0 saturated carbocycles. The molecule has 0 aromatic carbocycles. The molecule has 37 valence electrons. The Morgan fingerprint density at radius 2 is 1.83 bits per heavy atom. The minimum absolute atomic E-state index is 0.778. The van der Waals surface area contributed by atoms with Gasteiger partial charge in [0.2, 0.25) is 0 Å². The van der Waals surface area contributed by atoms with Crippen molar-refractivity contribution in [3.05, 3.63) is 6.92 Å². The van der Waals surface area contributed by atoms with Crippen molar-refractivity contribution in [3.63, 3.8) is 0 Å². The van der Waals surface area contributed by atoms with Gasteiger partial charge in [0.1, 0.15) is 0 Å². The highest BCUT2D eigenvalue weighted by Crippen LogP contribution is 1.75. The van der Waals surface area contributed by atoms with Crippen molar-refractivity contribution in [2.45, 2.75) is 19.8 Å². The highest BCUT2D eigenvalue weighted by atomic mass is 35.6. The first-order chi connectivity index (χ1) is 2.91. The number of unbranched alkanes of at least 4 members (excludes halogenated alkanes) is 1. The van der Waals surface area contributed by atoms with E-state index in [1.54, 1.807) is 0 Å². The normalized spacial score (nSPS) is 5.83. The Morgan fingerprint density at radius 1 is 1.67 bits per heavy atom. The van der Waals surface area contributed by atoms with Gasteiger partial charge in [-0.25, -0.2) is 0 Å². The van der Waals surface area contributed by atoms with E-state index in [0.29, 0.717) is 0 Å². The lowest BCUT2D eigenvalue weighted by molar-refractivity contribution is 0.956. The third kappa shape index (κ3) is 21.2. The molecule has 2 heteroatoms. The van der Waals surface area contributed by atoms with E-state index in [1.165, 1.54) is 6.42 Å². The third-order valence-electron chi connectivity index (χ3n) is 0.354. The topological polar surface area (TPSA) is 0 Å². The zero-order valence-corrected chi connectivity index (χ0v) is 7.26. The predicted molar refractivity (Wildman–Crippen MR) is 34.7 cm³/mol. The fraction of sp³-hybridized carbons (Fsp3) is 0.750. The average molecular weight is 122 g/mol. The van der Waals surface area contributed by atoms with Gasteiger partial charge >= 0.3 is 15.4 Å². The summed E-state index contributed by atoms with van der Waals surface area (Å²) in [6.45, 7) is 5.72. The highest BCUT2D eigenvalue weighted by molar-refractivity contribution is 6.80. The SMILES string of the molecule is [AlH2][Cl].[CH2]CCC. The second kappa shape index (κ2) is 17.0. The Balaban J connectivity index is 0. The van der Waals surface area contributed by atoms with Crippen molar-refractivity contribution in [1.29, 1.82) is 0 Å². The molecule has 0 N–H and O–H groups in total. The van der Waals surface area contributed by atoms with Gasteiger partial charge in [0.15, 0.2) is 0 Å². The van der Waals surface area contributed by atoms with Crippen LogP contribution < -0.4 is 0 Å². The maximum atomic E-state index is 4.78. The Bertz CT molecular complexity index is 9.51. The monoisotopic (exact) mass is 121 g/mol. The summed E-state index contributed by atoms with van der Waals surface area (Å²) < 4.78 is 0. The van der Waals surface area contributed by atoms with E-state index in [9.17, 15) is 0 Å². The number of hydrogen-bond acceptors (Lipinski definition) is 0. The molecule has 1 radical (unpaired) electrons. The van der Waals surface area contributed by atoms with Gasteiger partial charge in [-0.05, 0) is 0 Å². The zero-order valence-electron chi connectivity index (χ0n) is 4.50. The molecule has 0 aliphatic carbocycles. The van der Waals surface area contributed by atoms with Crippen LogP contribution in [0.1, 0.15) is 19.8 Å². The summed E-state index contributed by atoms with van der Waals surface area (Å²) in [7, 11) is 4.78. The van der Waals surface area contributed by atoms with Crippen LogP contribution in [0.4, 0.5) is 0 Å². The lowest BCUT2D eigenvalue weighted by Gasteiger charge is -1.67. The molecule has 0 heterocycles. The van der Waals surface area contributed by atoms with Crippen LogP contribution in [0.25, 0.3) is 0 Å². The van der Waals surface area contributed by atoms with Crippen LogP contribution in [-0.4, -0.2) is 15.4 Å². The number of rotatable bonds is 1. The second-order valence-electron chi connectivity index (χ2n) is 0.854. The Kier molecular flexibility index (Phi) is 28.2. The van der Waals surface area contributed by atoms with Gasteiger partial charge in [-0.15, -0.1) is 0 Å². The maximum absolute atomic E-state index is 4.78. The average Bonchev–Trinajstić information content (AvgIpc) is 1.72. The van der Waals surface area contributed by atoms with Crippen molar-refractivity contribution in [2.24, 2.45) is 0 Å². The summed E-state index contributed by atoms with van der Waals surface area (Å²) in [5, 5.41) is 0. The Morgan fingerprint density at radius 3 is 1.83 bits per heavy atom. The van der Waals surface area contributed by atoms with Crippen molar-refractivity contribution in [3.8, 4) is 0 Å². The summed E-state index contributed by atoms with van der Waals surface area (Å²) in [5.41, 5.74) is 0. The summed E-state index contributed by atoms with van der Waals surface area (Å²) in [6.07, 6.45) is 2.28. The van der Waals surface area contributed by atoms with Crippen LogP contribution >= 0.6 is 10.0 Å². The lowest BCUT2D eigenvalue weighted by atomic mass is 10.4. The van der Waals surface area contributed by atoms with Gasteiger partial charge in [0.05, 0.1) is 0 Å². The molecule has 0 nitrogen and oxygen atoms in total. The minimum atomic E-state index is 0.778. The molecule has 0 aliphatic rings. The standard InChI is InChI=1S/C4H9.Al.ClH.2H/c1-3-4-2;;;;/h1,3-4H2,2H3;;1H;;/q;+1;;;/p-1. The summed E-state index contributed by atoms with van der Waals surface area (Å²) in [4.78, 5) is 0. The van der Waals surface area contributed by atoms with Gasteiger partial charge in [0.25, 0.3) is 0 Å². The summed E-state index contributed by atoms with van der Waals surface area (Å²) in [5.74, 6) is 0. The molecule has 0 aliphatic heterocycles. The van der Waals surface area contributed by atoms with Gasteiger partial charge in [-0.3, -0.25) is 10.0 Å². The van der Waals surface area contributed by atoms with Crippen LogP contribution in [0.5, 0.6) is 0 Å². The van der Waals surface area contributed by atoms with E-state index in [1.807, 2.05) is 0 Å². The summed E-state index contributed by atoms with van der Waals surface area (Å²) >= 11 is 0.778. The van der Waals surface area contributed by atoms with Gasteiger partial charge < -0.3 is 0 Å². The molecular weight excluding hydrogens is 110 g/mol. The molecule has 0 aromatic rings. The van der Waals surface area contributed by atoms with Gasteiger partial charge in [0, 0.05) is 0 Å². The molecule has 6 heavy (non-hydrogen) atoms. The van der Waals surface area contributed by atoms with Crippen molar-refractivity contribution in [2.75, 3.05) is 0 Å². The van der Waals surface area contributed by atoms with E-state index in [-0.39, 0.29) is 0 Å². The molecule has 0 spiro atoms. The third-order valence-corrected chi connectivity index (χ3v) is 0.354. The zero-order chi connectivity index (χ0) is 5.41. The largest absolute Gasteiger partial charge is 0.353 e. The smallest absolute Gasteiger partial charge is 0.273 e. The van der Waals surface area contributed by atoms with Crippen LogP contribution in [0.2, 0.25) is 0 Å². The first kappa shape index (κ1) is 9.95. The molecule has 0 bridgehead atoms. The molecule has 0 fully saturated rings. The molecule has 0 unspecified atom stereocenters. The van der Waals surface area contributed by atoms with Gasteiger partial charge in [-0.2, -0.15) is 0 Å². The summed E-state index contributed by atoms with van der Waals surface area (Å²) in [6, 6.07) is 0. The van der Waals surface area contributed by atoms with Crippen molar-refractivity contribution < 1.29 is 0 Å². The lowest BCUT2D eigenvalue weighted by Crippen LogP contribution is -1.48. The van der Waals surface area contributed by atoms with Crippen molar-refractivity contribution in [1.82, 2.24) is 0 Å². The maximum Gasteiger partial charge on any atom is 0.353 e. The highest BCUT2D eigenvalue weighted by Gasteiger charge is 1.56. The van der Waals surface area contributed by atoms with E-state index in [2.05, 4.69) is 13.8 Å². The fourth-order valence-corrected chi connectivity index (χ4v) is 0. The second-order valence-corrected chi connectivity index (χ2v) is 0.854. The first-order valence-electron chi connectivity index (χ1n) is 2.09. The number of halogens is 1. The predicted octanol–water partition coefficient (Wildman–Crippen LogP) is 1.39. The van der Waals surface area contributed by atoms with Crippen LogP contribution in [-0.2, 0) is 0 Å². The number of hydrogen-bond donors (Lipinski definition) is 0. The van der Waals surface area contributed by atoms with Gasteiger partial charge in [-0.1, -0.05) is 26.7 Å². The molecule has 0 atom stereocenters. The fourth-order valence-electron chi connectivity index (χ4n) is 0. The van der Waals surface area contributed by atoms with E-state index in [4.69, 9.17) is 10.0 Å². The van der Waals surface area contributed by atoms with E-state index < -0.39 is 0 Å². The molecule has 0 saturated heterocycles. The van der Waals surface area contributed by atoms with E-state index in [0.717, 1.165) is 21.8 Å². The van der Waals surface area contributed by atoms with Crippen LogP contribution in [0.3, 0.4) is 0 Å². The Labute approximate surface area is 52.5 Å².